The number of nitrogens with one attached hydrogen (secondary N) is 2. The molecule has 1 aromatic rings. The molecule has 0 aromatic heterocycles. The van der Waals surface area contributed by atoms with E-state index in [2.05, 4.69) is 10.6 Å². The number of hydrogen-bond acceptors (Lipinski definition) is 5. The summed E-state index contributed by atoms with van der Waals surface area (Å²) in [4.78, 5) is 35.4. The predicted molar refractivity (Wildman–Crippen MR) is 82.0 cm³/mol. The van der Waals surface area contributed by atoms with Gasteiger partial charge in [-0.3, -0.25) is 14.4 Å². The minimum atomic E-state index is -0.883. The van der Waals surface area contributed by atoms with E-state index < -0.39 is 18.0 Å². The van der Waals surface area contributed by atoms with Gasteiger partial charge in [0, 0.05) is 6.04 Å². The normalized spacial score (nSPS) is 14.5. The van der Waals surface area contributed by atoms with Gasteiger partial charge >= 0.3 is 5.97 Å². The zero-order valence-corrected chi connectivity index (χ0v) is 13.1. The molecule has 2 rings (SSSR count). The van der Waals surface area contributed by atoms with Gasteiger partial charge in [-0.25, -0.2) is 0 Å². The van der Waals surface area contributed by atoms with Crippen molar-refractivity contribution in [3.05, 3.63) is 29.8 Å². The molecule has 23 heavy (non-hydrogen) atoms. The fourth-order valence-corrected chi connectivity index (χ4v) is 1.92. The summed E-state index contributed by atoms with van der Waals surface area (Å²) in [5.74, 6) is -1.03. The average Bonchev–Trinajstić information content (AvgIpc) is 3.36. The van der Waals surface area contributed by atoms with Crippen LogP contribution in [0.25, 0.3) is 0 Å². The SMILES string of the molecule is COc1ccccc1C(=O)NCC(=O)O[C@H](C)C(=O)NC1CC1. The molecule has 7 nitrogen and oxygen atoms in total. The second kappa shape index (κ2) is 7.62. The van der Waals surface area contributed by atoms with Crippen molar-refractivity contribution in [1.29, 1.82) is 0 Å². The molecular weight excluding hydrogens is 300 g/mol. The Hall–Kier alpha value is -2.57. The minimum absolute atomic E-state index is 0.203. The molecule has 1 fully saturated rings. The maximum atomic E-state index is 12.0. The van der Waals surface area contributed by atoms with E-state index >= 15 is 0 Å². The highest BCUT2D eigenvalue weighted by molar-refractivity contribution is 5.98. The first-order valence-electron chi connectivity index (χ1n) is 7.42. The first-order chi connectivity index (χ1) is 11.0. The van der Waals surface area contributed by atoms with Crippen LogP contribution in [0.4, 0.5) is 0 Å². The van der Waals surface area contributed by atoms with Gasteiger partial charge in [-0.05, 0) is 31.9 Å². The Balaban J connectivity index is 1.79. The molecule has 1 aliphatic rings. The molecule has 0 spiro atoms. The highest BCUT2D eigenvalue weighted by atomic mass is 16.5. The van der Waals surface area contributed by atoms with Gasteiger partial charge in [0.1, 0.15) is 12.3 Å². The van der Waals surface area contributed by atoms with E-state index in [9.17, 15) is 14.4 Å². The lowest BCUT2D eigenvalue weighted by molar-refractivity contribution is -0.153. The van der Waals surface area contributed by atoms with E-state index in [1.165, 1.54) is 14.0 Å². The molecule has 2 amide bonds. The monoisotopic (exact) mass is 320 g/mol. The highest BCUT2D eigenvalue weighted by Crippen LogP contribution is 2.19. The van der Waals surface area contributed by atoms with E-state index in [1.807, 2.05) is 0 Å². The van der Waals surface area contributed by atoms with Gasteiger partial charge in [0.25, 0.3) is 11.8 Å². The topological polar surface area (TPSA) is 93.7 Å². The Kier molecular flexibility index (Phi) is 5.56. The zero-order chi connectivity index (χ0) is 16.8. The molecule has 0 aliphatic heterocycles. The summed E-state index contributed by atoms with van der Waals surface area (Å²) in [6, 6.07) is 6.88. The van der Waals surface area contributed by atoms with Crippen molar-refractivity contribution in [2.45, 2.75) is 31.9 Å². The number of carbonyl (C=O) groups excluding carboxylic acids is 3. The number of amides is 2. The summed E-state index contributed by atoms with van der Waals surface area (Å²) < 4.78 is 10.1. The van der Waals surface area contributed by atoms with Crippen molar-refractivity contribution in [1.82, 2.24) is 10.6 Å². The molecule has 7 heteroatoms. The Morgan fingerprint density at radius 3 is 2.61 bits per heavy atom. The van der Waals surface area contributed by atoms with Crippen LogP contribution in [0, 0.1) is 0 Å². The Morgan fingerprint density at radius 2 is 1.96 bits per heavy atom. The first kappa shape index (κ1) is 16.8. The molecule has 0 radical (unpaired) electrons. The van der Waals surface area contributed by atoms with Crippen LogP contribution in [-0.4, -0.2) is 43.6 Å². The molecule has 1 saturated carbocycles. The molecule has 0 saturated heterocycles. The molecule has 124 valence electrons. The lowest BCUT2D eigenvalue weighted by Crippen LogP contribution is -2.39. The summed E-state index contributed by atoms with van der Waals surface area (Å²) in [6.07, 6.45) is 1.04. The quantitative estimate of drug-likeness (QED) is 0.719. The molecule has 1 atom stereocenters. The second-order valence-corrected chi connectivity index (χ2v) is 5.30. The number of benzene rings is 1. The molecule has 2 N–H and O–H groups in total. The third-order valence-corrected chi connectivity index (χ3v) is 3.35. The van der Waals surface area contributed by atoms with Crippen molar-refractivity contribution >= 4 is 17.8 Å². The van der Waals surface area contributed by atoms with E-state index in [0.29, 0.717) is 11.3 Å². The number of ether oxygens (including phenoxy) is 2. The number of para-hydroxylation sites is 1. The molecular formula is C16H20N2O5. The molecule has 0 bridgehead atoms. The number of esters is 1. The van der Waals surface area contributed by atoms with Gasteiger partial charge in [-0.15, -0.1) is 0 Å². The molecule has 1 aliphatic carbocycles. The lowest BCUT2D eigenvalue weighted by Gasteiger charge is -2.13. The van der Waals surface area contributed by atoms with Gasteiger partial charge in [0.2, 0.25) is 0 Å². The Labute approximate surface area is 134 Å². The maximum absolute atomic E-state index is 12.0. The Bertz CT molecular complexity index is 598. The standard InChI is InChI=1S/C16H20N2O5/c1-10(15(20)18-11-7-8-11)23-14(19)9-17-16(21)12-5-3-4-6-13(12)22-2/h3-6,10-11H,7-9H2,1-2H3,(H,17,21)(H,18,20)/t10-/m1/s1. The van der Waals surface area contributed by atoms with Crippen molar-refractivity contribution in [2.75, 3.05) is 13.7 Å². The van der Waals surface area contributed by atoms with Gasteiger partial charge in [0.15, 0.2) is 6.10 Å². The van der Waals surface area contributed by atoms with Crippen molar-refractivity contribution in [3.63, 3.8) is 0 Å². The van der Waals surface area contributed by atoms with E-state index in [-0.39, 0.29) is 18.5 Å². The summed E-state index contributed by atoms with van der Waals surface area (Å²) in [6.45, 7) is 1.18. The van der Waals surface area contributed by atoms with Crippen LogP contribution in [-0.2, 0) is 14.3 Å². The molecule has 0 heterocycles. The third-order valence-electron chi connectivity index (χ3n) is 3.35. The van der Waals surface area contributed by atoms with Crippen LogP contribution in [0.15, 0.2) is 24.3 Å². The van der Waals surface area contributed by atoms with E-state index in [0.717, 1.165) is 12.8 Å². The lowest BCUT2D eigenvalue weighted by atomic mass is 10.2. The van der Waals surface area contributed by atoms with Crippen molar-refractivity contribution in [3.8, 4) is 5.75 Å². The largest absolute Gasteiger partial charge is 0.496 e. The highest BCUT2D eigenvalue weighted by Gasteiger charge is 2.27. The van der Waals surface area contributed by atoms with Crippen molar-refractivity contribution < 1.29 is 23.9 Å². The fraction of sp³-hybridized carbons (Fsp3) is 0.438. The van der Waals surface area contributed by atoms with Crippen LogP contribution in [0.2, 0.25) is 0 Å². The summed E-state index contributed by atoms with van der Waals surface area (Å²) in [7, 11) is 1.46. The first-order valence-corrected chi connectivity index (χ1v) is 7.42. The zero-order valence-electron chi connectivity index (χ0n) is 13.1. The summed E-state index contributed by atoms with van der Waals surface area (Å²) in [5, 5.41) is 5.19. The van der Waals surface area contributed by atoms with E-state index in [1.54, 1.807) is 24.3 Å². The minimum Gasteiger partial charge on any atom is -0.496 e. The van der Waals surface area contributed by atoms with Crippen molar-refractivity contribution in [2.24, 2.45) is 0 Å². The fourth-order valence-electron chi connectivity index (χ4n) is 1.92. The van der Waals surface area contributed by atoms with Gasteiger partial charge in [-0.1, -0.05) is 12.1 Å². The van der Waals surface area contributed by atoms with Crippen LogP contribution in [0.1, 0.15) is 30.1 Å². The summed E-state index contributed by atoms with van der Waals surface area (Å²) >= 11 is 0. The number of hydrogen-bond donors (Lipinski definition) is 2. The number of methoxy groups -OCH3 is 1. The van der Waals surface area contributed by atoms with Gasteiger partial charge in [-0.2, -0.15) is 0 Å². The van der Waals surface area contributed by atoms with Crippen LogP contribution in [0.5, 0.6) is 5.75 Å². The predicted octanol–water partition coefficient (Wildman–Crippen LogP) is 0.635. The van der Waals surface area contributed by atoms with Gasteiger partial charge in [0.05, 0.1) is 12.7 Å². The van der Waals surface area contributed by atoms with E-state index in [4.69, 9.17) is 9.47 Å². The second-order valence-electron chi connectivity index (χ2n) is 5.30. The maximum Gasteiger partial charge on any atom is 0.326 e. The van der Waals surface area contributed by atoms with Gasteiger partial charge < -0.3 is 20.1 Å². The van der Waals surface area contributed by atoms with Crippen LogP contribution >= 0.6 is 0 Å². The van der Waals surface area contributed by atoms with Crippen LogP contribution < -0.4 is 15.4 Å². The number of carbonyl (C=O) groups is 3. The molecule has 0 unspecified atom stereocenters. The average molecular weight is 320 g/mol. The smallest absolute Gasteiger partial charge is 0.326 e. The molecule has 1 aromatic carbocycles. The Morgan fingerprint density at radius 1 is 1.26 bits per heavy atom. The summed E-state index contributed by atoms with van der Waals surface area (Å²) in [5.41, 5.74) is 0.322. The third kappa shape index (κ3) is 4.98. The number of rotatable bonds is 7. The van der Waals surface area contributed by atoms with Crippen LogP contribution in [0.3, 0.4) is 0 Å².